The Kier molecular flexibility index (Phi) is 6.45. The van der Waals surface area contributed by atoms with E-state index in [4.69, 9.17) is 4.74 Å². The lowest BCUT2D eigenvalue weighted by molar-refractivity contribution is 0.0694. The molecule has 0 unspecified atom stereocenters. The van der Waals surface area contributed by atoms with Crippen molar-refractivity contribution in [2.75, 3.05) is 18.5 Å². The van der Waals surface area contributed by atoms with Gasteiger partial charge in [0.15, 0.2) is 5.82 Å². The van der Waals surface area contributed by atoms with Gasteiger partial charge in [-0.3, -0.25) is 4.79 Å². The second kappa shape index (κ2) is 9.44. The summed E-state index contributed by atoms with van der Waals surface area (Å²) < 4.78 is 22.2. The Bertz CT molecular complexity index is 1090. The molecule has 2 N–H and O–H groups in total. The van der Waals surface area contributed by atoms with Crippen LogP contribution in [0.15, 0.2) is 36.7 Å². The van der Waals surface area contributed by atoms with Crippen molar-refractivity contribution in [3.05, 3.63) is 53.9 Å². The van der Waals surface area contributed by atoms with E-state index in [1.54, 1.807) is 30.5 Å². The second-order valence-electron chi connectivity index (χ2n) is 8.12. The molecule has 0 radical (unpaired) electrons. The quantitative estimate of drug-likeness (QED) is 0.604. The van der Waals surface area contributed by atoms with E-state index in [0.29, 0.717) is 30.2 Å². The highest BCUT2D eigenvalue weighted by atomic mass is 19.1. The molecule has 2 aromatic heterocycles. The fourth-order valence-electron chi connectivity index (χ4n) is 3.82. The molecule has 3 aromatic rings. The molecule has 8 nitrogen and oxygen atoms in total. The van der Waals surface area contributed by atoms with Crippen LogP contribution in [0.2, 0.25) is 0 Å². The number of hydrogen-bond acceptors (Lipinski definition) is 6. The zero-order valence-corrected chi connectivity index (χ0v) is 18.4. The van der Waals surface area contributed by atoms with E-state index in [2.05, 4.69) is 25.6 Å². The summed E-state index contributed by atoms with van der Waals surface area (Å²) in [6, 6.07) is 7.21. The maximum Gasteiger partial charge on any atom is 0.251 e. The average molecular weight is 439 g/mol. The maximum atomic E-state index is 14.7. The van der Waals surface area contributed by atoms with Crippen molar-refractivity contribution in [2.45, 2.75) is 45.7 Å². The SMILES string of the molecule is Cc1ncc(-c2nc(Nc3ccc(C(=O)NC(C)C)cc3)ncc2F)n1C1CCOCC1. The Hall–Kier alpha value is -3.33. The minimum atomic E-state index is -0.510. The van der Waals surface area contributed by atoms with Crippen LogP contribution >= 0.6 is 0 Å². The van der Waals surface area contributed by atoms with Crippen LogP contribution in [0.3, 0.4) is 0 Å². The standard InChI is InChI=1S/C23H27FN6O2/c1-14(2)27-22(31)16-4-6-17(7-5-16)28-23-26-12-19(24)21(29-23)20-13-25-15(3)30(20)18-8-10-32-11-9-18/h4-7,12-14,18H,8-11H2,1-3H3,(H,27,31)(H,26,28,29). The van der Waals surface area contributed by atoms with Gasteiger partial charge in [-0.05, 0) is 57.9 Å². The van der Waals surface area contributed by atoms with Crippen molar-refractivity contribution in [3.63, 3.8) is 0 Å². The normalized spacial score (nSPS) is 14.5. The van der Waals surface area contributed by atoms with Gasteiger partial charge in [-0.2, -0.15) is 0 Å². The lowest BCUT2D eigenvalue weighted by atomic mass is 10.1. The number of carbonyl (C=O) groups is 1. The summed E-state index contributed by atoms with van der Waals surface area (Å²) in [6.07, 6.45) is 4.51. The number of benzene rings is 1. The van der Waals surface area contributed by atoms with Crippen LogP contribution in [-0.2, 0) is 4.74 Å². The molecule has 1 aromatic carbocycles. The lowest BCUT2D eigenvalue weighted by Gasteiger charge is -2.26. The first-order valence-electron chi connectivity index (χ1n) is 10.7. The van der Waals surface area contributed by atoms with Crippen LogP contribution in [0.1, 0.15) is 48.9 Å². The molecular weight excluding hydrogens is 411 g/mol. The monoisotopic (exact) mass is 438 g/mol. The van der Waals surface area contributed by atoms with E-state index in [1.165, 1.54) is 0 Å². The smallest absolute Gasteiger partial charge is 0.251 e. The zero-order valence-electron chi connectivity index (χ0n) is 18.4. The number of ether oxygens (including phenoxy) is 1. The summed E-state index contributed by atoms with van der Waals surface area (Å²) in [5.74, 6) is 0.431. The number of amides is 1. The van der Waals surface area contributed by atoms with Crippen molar-refractivity contribution >= 4 is 17.5 Å². The number of carbonyl (C=O) groups excluding carboxylic acids is 1. The third-order valence-corrected chi connectivity index (χ3v) is 5.35. The fraction of sp³-hybridized carbons (Fsp3) is 0.391. The molecule has 32 heavy (non-hydrogen) atoms. The van der Waals surface area contributed by atoms with E-state index in [-0.39, 0.29) is 29.6 Å². The third-order valence-electron chi connectivity index (χ3n) is 5.35. The highest BCUT2D eigenvalue weighted by molar-refractivity contribution is 5.94. The number of nitrogens with zero attached hydrogens (tertiary/aromatic N) is 4. The van der Waals surface area contributed by atoms with Crippen molar-refractivity contribution in [1.29, 1.82) is 0 Å². The summed E-state index contributed by atoms with van der Waals surface area (Å²) in [4.78, 5) is 25.0. The first-order chi connectivity index (χ1) is 15.4. The number of aryl methyl sites for hydroxylation is 1. The Morgan fingerprint density at radius 1 is 1.16 bits per heavy atom. The van der Waals surface area contributed by atoms with Gasteiger partial charge in [0.2, 0.25) is 5.95 Å². The van der Waals surface area contributed by atoms with E-state index >= 15 is 0 Å². The Balaban J connectivity index is 1.57. The van der Waals surface area contributed by atoms with Crippen LogP contribution in [0, 0.1) is 12.7 Å². The highest BCUT2D eigenvalue weighted by Crippen LogP contribution is 2.31. The molecule has 3 heterocycles. The second-order valence-corrected chi connectivity index (χ2v) is 8.12. The molecule has 4 rings (SSSR count). The molecule has 0 atom stereocenters. The first-order valence-corrected chi connectivity index (χ1v) is 10.7. The number of hydrogen-bond donors (Lipinski definition) is 2. The number of rotatable bonds is 6. The highest BCUT2D eigenvalue weighted by Gasteiger charge is 2.23. The molecule has 9 heteroatoms. The van der Waals surface area contributed by atoms with Crippen molar-refractivity contribution in [2.24, 2.45) is 0 Å². The van der Waals surface area contributed by atoms with E-state index < -0.39 is 5.82 Å². The molecule has 1 aliphatic heterocycles. The van der Waals surface area contributed by atoms with Gasteiger partial charge in [0.25, 0.3) is 5.91 Å². The minimum absolute atomic E-state index is 0.0598. The number of aromatic nitrogens is 4. The molecule has 0 spiro atoms. The van der Waals surface area contributed by atoms with Crippen LogP contribution in [0.25, 0.3) is 11.4 Å². The Morgan fingerprint density at radius 2 is 1.88 bits per heavy atom. The predicted molar refractivity (Wildman–Crippen MR) is 119 cm³/mol. The largest absolute Gasteiger partial charge is 0.381 e. The molecule has 1 amide bonds. The summed E-state index contributed by atoms with van der Waals surface area (Å²) >= 11 is 0. The first kappa shape index (κ1) is 21.9. The summed E-state index contributed by atoms with van der Waals surface area (Å²) in [5, 5.41) is 5.94. The Labute approximate surface area is 186 Å². The number of anilines is 2. The maximum absolute atomic E-state index is 14.7. The summed E-state index contributed by atoms with van der Waals surface area (Å²) in [7, 11) is 0. The molecule has 168 valence electrons. The number of halogens is 1. The molecular formula is C23H27FN6O2. The fourth-order valence-corrected chi connectivity index (χ4v) is 3.82. The van der Waals surface area contributed by atoms with E-state index in [1.807, 2.05) is 25.3 Å². The molecule has 1 saturated heterocycles. The summed E-state index contributed by atoms with van der Waals surface area (Å²) in [5.41, 5.74) is 2.07. The molecule has 0 bridgehead atoms. The van der Waals surface area contributed by atoms with Crippen molar-refractivity contribution < 1.29 is 13.9 Å². The number of imidazole rings is 1. The zero-order chi connectivity index (χ0) is 22.7. The van der Waals surface area contributed by atoms with Gasteiger partial charge in [0, 0.05) is 36.5 Å². The van der Waals surface area contributed by atoms with E-state index in [9.17, 15) is 9.18 Å². The van der Waals surface area contributed by atoms with Crippen LogP contribution < -0.4 is 10.6 Å². The lowest BCUT2D eigenvalue weighted by Crippen LogP contribution is -2.29. The van der Waals surface area contributed by atoms with Gasteiger partial charge in [0.1, 0.15) is 11.5 Å². The third kappa shape index (κ3) is 4.77. The Morgan fingerprint density at radius 3 is 2.56 bits per heavy atom. The topological polar surface area (TPSA) is 94.0 Å². The summed E-state index contributed by atoms with van der Waals surface area (Å²) in [6.45, 7) is 7.08. The van der Waals surface area contributed by atoms with Gasteiger partial charge < -0.3 is 19.9 Å². The predicted octanol–water partition coefficient (Wildman–Crippen LogP) is 4.02. The molecule has 0 saturated carbocycles. The van der Waals surface area contributed by atoms with E-state index in [0.717, 1.165) is 24.9 Å². The van der Waals surface area contributed by atoms with Crippen LogP contribution in [0.4, 0.5) is 16.0 Å². The van der Waals surface area contributed by atoms with Crippen LogP contribution in [0.5, 0.6) is 0 Å². The molecule has 1 fully saturated rings. The number of nitrogens with one attached hydrogen (secondary N) is 2. The minimum Gasteiger partial charge on any atom is -0.381 e. The van der Waals surface area contributed by atoms with Crippen molar-refractivity contribution in [3.8, 4) is 11.4 Å². The van der Waals surface area contributed by atoms with Gasteiger partial charge in [-0.1, -0.05) is 0 Å². The van der Waals surface area contributed by atoms with Gasteiger partial charge in [0.05, 0.1) is 18.1 Å². The molecule has 0 aliphatic carbocycles. The van der Waals surface area contributed by atoms with Gasteiger partial charge in [-0.15, -0.1) is 0 Å². The molecule has 1 aliphatic rings. The van der Waals surface area contributed by atoms with Gasteiger partial charge >= 0.3 is 0 Å². The van der Waals surface area contributed by atoms with Crippen molar-refractivity contribution in [1.82, 2.24) is 24.8 Å². The van der Waals surface area contributed by atoms with Crippen LogP contribution in [-0.4, -0.2) is 44.7 Å². The van der Waals surface area contributed by atoms with Gasteiger partial charge in [-0.25, -0.2) is 19.3 Å². The average Bonchev–Trinajstić information content (AvgIpc) is 3.17.